The summed E-state index contributed by atoms with van der Waals surface area (Å²) in [5.41, 5.74) is 9.45. The molecule has 0 radical (unpaired) electrons. The van der Waals surface area contributed by atoms with E-state index in [0.717, 1.165) is 42.6 Å². The van der Waals surface area contributed by atoms with E-state index < -0.39 is 0 Å². The number of nitrogens with zero attached hydrogens (tertiary/aromatic N) is 2. The molecule has 25 heavy (non-hydrogen) atoms. The molecule has 0 spiro atoms. The van der Waals surface area contributed by atoms with Crippen molar-refractivity contribution in [2.24, 2.45) is 5.92 Å². The van der Waals surface area contributed by atoms with Gasteiger partial charge in [-0.05, 0) is 24.1 Å². The van der Waals surface area contributed by atoms with Gasteiger partial charge < -0.3 is 10.1 Å². The molecule has 3 unspecified atom stereocenters. The number of anilines is 1. The highest BCUT2D eigenvalue weighted by atomic mass is 32.1. The third kappa shape index (κ3) is 3.50. The molecule has 3 heterocycles. The summed E-state index contributed by atoms with van der Waals surface area (Å²) >= 11 is 1.67. The van der Waals surface area contributed by atoms with Gasteiger partial charge in [0, 0.05) is 44.0 Å². The van der Waals surface area contributed by atoms with E-state index in [0.29, 0.717) is 18.0 Å². The lowest BCUT2D eigenvalue weighted by molar-refractivity contribution is 0.147. The summed E-state index contributed by atoms with van der Waals surface area (Å²) < 4.78 is 5.39. The number of methoxy groups -OCH3 is 1. The molecule has 6 nitrogen and oxygen atoms in total. The fourth-order valence-corrected chi connectivity index (χ4v) is 4.57. The molecular weight excluding hydrogens is 334 g/mol. The van der Waals surface area contributed by atoms with Crippen molar-refractivity contribution < 1.29 is 4.74 Å². The van der Waals surface area contributed by atoms with E-state index in [1.807, 2.05) is 13.1 Å². The van der Waals surface area contributed by atoms with Gasteiger partial charge in [0.15, 0.2) is 5.13 Å². The molecule has 1 aromatic carbocycles. The average molecular weight is 359 g/mol. The fourth-order valence-electron chi connectivity index (χ4n) is 3.91. The van der Waals surface area contributed by atoms with Gasteiger partial charge in [-0.1, -0.05) is 12.1 Å². The van der Waals surface area contributed by atoms with Gasteiger partial charge in [-0.2, -0.15) is 0 Å². The third-order valence-electron chi connectivity index (χ3n) is 5.20. The Morgan fingerprint density at radius 2 is 2.32 bits per heavy atom. The summed E-state index contributed by atoms with van der Waals surface area (Å²) in [6.45, 7) is 3.10. The topological polar surface area (TPSA) is 61.5 Å². The molecule has 2 aromatic rings. The Balaban J connectivity index is 1.46. The van der Waals surface area contributed by atoms with Crippen LogP contribution in [0, 0.1) is 5.92 Å². The van der Waals surface area contributed by atoms with Crippen LogP contribution in [0.2, 0.25) is 0 Å². The lowest BCUT2D eigenvalue weighted by atomic mass is 9.85. The highest BCUT2D eigenvalue weighted by molar-refractivity contribution is 7.13. The molecule has 0 bridgehead atoms. The van der Waals surface area contributed by atoms with Gasteiger partial charge in [0.25, 0.3) is 0 Å². The SMILES string of the molecule is CNc1nc(CN2CCC3NNC(c4cccc(OC)c4)C3C2)cs1. The molecule has 3 atom stereocenters. The van der Waals surface area contributed by atoms with Crippen LogP contribution in [0.5, 0.6) is 5.75 Å². The van der Waals surface area contributed by atoms with Gasteiger partial charge in [-0.3, -0.25) is 10.3 Å². The number of aromatic nitrogens is 1. The highest BCUT2D eigenvalue weighted by Gasteiger charge is 2.40. The van der Waals surface area contributed by atoms with Gasteiger partial charge in [0.1, 0.15) is 5.75 Å². The first-order chi connectivity index (χ1) is 12.3. The lowest BCUT2D eigenvalue weighted by Crippen LogP contribution is -2.45. The number of ether oxygens (including phenoxy) is 1. The van der Waals surface area contributed by atoms with Gasteiger partial charge in [-0.25, -0.2) is 10.4 Å². The van der Waals surface area contributed by atoms with Crippen LogP contribution in [0.25, 0.3) is 0 Å². The first-order valence-electron chi connectivity index (χ1n) is 8.76. The molecule has 0 saturated carbocycles. The van der Waals surface area contributed by atoms with Gasteiger partial charge in [0.05, 0.1) is 18.8 Å². The molecule has 2 fully saturated rings. The maximum Gasteiger partial charge on any atom is 0.182 e. The van der Waals surface area contributed by atoms with E-state index in [4.69, 9.17) is 4.74 Å². The number of likely N-dealkylation sites (tertiary alicyclic amines) is 1. The van der Waals surface area contributed by atoms with Crippen molar-refractivity contribution in [2.45, 2.75) is 25.0 Å². The smallest absolute Gasteiger partial charge is 0.182 e. The van der Waals surface area contributed by atoms with Crippen LogP contribution in [0.3, 0.4) is 0 Å². The predicted molar refractivity (Wildman–Crippen MR) is 101 cm³/mol. The second kappa shape index (κ2) is 7.29. The number of hydrogen-bond acceptors (Lipinski definition) is 7. The number of nitrogens with one attached hydrogen (secondary N) is 3. The van der Waals surface area contributed by atoms with E-state index in [1.165, 1.54) is 5.56 Å². The van der Waals surface area contributed by atoms with Crippen molar-refractivity contribution in [3.8, 4) is 5.75 Å². The number of hydrazine groups is 1. The number of thiazole rings is 1. The normalized spacial score (nSPS) is 26.4. The Labute approximate surface area is 152 Å². The minimum absolute atomic E-state index is 0.311. The van der Waals surface area contributed by atoms with Crippen LogP contribution >= 0.6 is 11.3 Å². The van der Waals surface area contributed by atoms with Crippen LogP contribution in [-0.2, 0) is 6.54 Å². The first-order valence-corrected chi connectivity index (χ1v) is 9.64. The molecule has 0 amide bonds. The molecule has 134 valence electrons. The molecule has 0 aliphatic carbocycles. The average Bonchev–Trinajstić information content (AvgIpc) is 3.28. The van der Waals surface area contributed by atoms with E-state index in [-0.39, 0.29) is 0 Å². The van der Waals surface area contributed by atoms with Crippen molar-refractivity contribution in [1.82, 2.24) is 20.7 Å². The zero-order valence-corrected chi connectivity index (χ0v) is 15.5. The molecule has 2 saturated heterocycles. The quantitative estimate of drug-likeness (QED) is 0.761. The van der Waals surface area contributed by atoms with Crippen molar-refractivity contribution >= 4 is 16.5 Å². The predicted octanol–water partition coefficient (Wildman–Crippen LogP) is 2.23. The minimum atomic E-state index is 0.311. The minimum Gasteiger partial charge on any atom is -0.497 e. The van der Waals surface area contributed by atoms with Crippen molar-refractivity contribution in [1.29, 1.82) is 0 Å². The van der Waals surface area contributed by atoms with Crippen molar-refractivity contribution in [3.05, 3.63) is 40.9 Å². The van der Waals surface area contributed by atoms with E-state index in [1.54, 1.807) is 18.4 Å². The van der Waals surface area contributed by atoms with E-state index in [9.17, 15) is 0 Å². The Morgan fingerprint density at radius 3 is 3.12 bits per heavy atom. The summed E-state index contributed by atoms with van der Waals surface area (Å²) in [7, 11) is 3.64. The molecular formula is C18H25N5OS. The Morgan fingerprint density at radius 1 is 1.40 bits per heavy atom. The van der Waals surface area contributed by atoms with E-state index in [2.05, 4.69) is 49.6 Å². The molecule has 4 rings (SSSR count). The van der Waals surface area contributed by atoms with Crippen LogP contribution in [0.15, 0.2) is 29.6 Å². The molecule has 3 N–H and O–H groups in total. The largest absolute Gasteiger partial charge is 0.497 e. The van der Waals surface area contributed by atoms with Crippen molar-refractivity contribution in [3.63, 3.8) is 0 Å². The van der Waals surface area contributed by atoms with Gasteiger partial charge >= 0.3 is 0 Å². The summed E-state index contributed by atoms with van der Waals surface area (Å²) in [5.74, 6) is 1.46. The fraction of sp³-hybridized carbons (Fsp3) is 0.500. The third-order valence-corrected chi connectivity index (χ3v) is 6.11. The van der Waals surface area contributed by atoms with Crippen molar-refractivity contribution in [2.75, 3.05) is 32.6 Å². The summed E-state index contributed by atoms with van der Waals surface area (Å²) in [6.07, 6.45) is 1.15. The maximum absolute atomic E-state index is 5.39. The lowest BCUT2D eigenvalue weighted by Gasteiger charge is -2.35. The molecule has 2 aliphatic heterocycles. The first kappa shape index (κ1) is 16.8. The van der Waals surface area contributed by atoms with E-state index >= 15 is 0 Å². The molecule has 2 aliphatic rings. The summed E-state index contributed by atoms with van der Waals surface area (Å²) in [6, 6.07) is 9.22. The second-order valence-corrected chi connectivity index (χ2v) is 7.59. The molecule has 7 heteroatoms. The second-order valence-electron chi connectivity index (χ2n) is 6.73. The Hall–Kier alpha value is -1.67. The standard InChI is InChI=1S/C18H25N5OS/c1-19-18-20-13(11-25-18)9-23-7-6-16-15(10-23)17(22-21-16)12-4-3-5-14(8-12)24-2/h3-5,8,11,15-17,21-22H,6-7,9-10H2,1-2H3,(H,19,20). The van der Waals surface area contributed by atoms with Crippen LogP contribution in [0.4, 0.5) is 5.13 Å². The van der Waals surface area contributed by atoms with Crippen LogP contribution in [-0.4, -0.2) is 43.2 Å². The number of fused-ring (bicyclic) bond motifs is 1. The highest BCUT2D eigenvalue weighted by Crippen LogP contribution is 2.35. The number of rotatable bonds is 5. The van der Waals surface area contributed by atoms with Crippen LogP contribution in [0.1, 0.15) is 23.7 Å². The van der Waals surface area contributed by atoms with Crippen LogP contribution < -0.4 is 20.9 Å². The summed E-state index contributed by atoms with van der Waals surface area (Å²) in [4.78, 5) is 7.15. The van der Waals surface area contributed by atoms with Gasteiger partial charge in [-0.15, -0.1) is 11.3 Å². The maximum atomic E-state index is 5.39. The molecule has 1 aromatic heterocycles. The Bertz CT molecular complexity index is 721. The van der Waals surface area contributed by atoms with Gasteiger partial charge in [0.2, 0.25) is 0 Å². The summed E-state index contributed by atoms with van der Waals surface area (Å²) in [5, 5.41) is 6.26. The Kier molecular flexibility index (Phi) is 4.89. The number of benzene rings is 1. The monoisotopic (exact) mass is 359 g/mol. The number of piperidine rings is 1. The number of hydrogen-bond donors (Lipinski definition) is 3. The zero-order valence-electron chi connectivity index (χ0n) is 14.7. The zero-order chi connectivity index (χ0) is 17.2.